The van der Waals surface area contributed by atoms with Crippen molar-refractivity contribution in [2.45, 2.75) is 19.3 Å². The number of aromatic carboxylic acids is 1. The molecule has 1 N–H and O–H groups in total. The number of hydrogen-bond donors (Lipinski definition) is 1. The van der Waals surface area contributed by atoms with Crippen LogP contribution in [0.2, 0.25) is 0 Å². The molecule has 18 heavy (non-hydrogen) atoms. The number of hydrogen-bond acceptors (Lipinski definition) is 4. The molecule has 2 aromatic heterocycles. The second-order valence-electron chi connectivity index (χ2n) is 4.46. The molecule has 3 rings (SSSR count). The van der Waals surface area contributed by atoms with Crippen molar-refractivity contribution in [1.29, 1.82) is 0 Å². The zero-order valence-electron chi connectivity index (χ0n) is 9.91. The van der Waals surface area contributed by atoms with Gasteiger partial charge in [-0.25, -0.2) is 14.8 Å². The number of piperidine rings is 1. The highest BCUT2D eigenvalue weighted by Gasteiger charge is 2.18. The van der Waals surface area contributed by atoms with E-state index in [1.54, 1.807) is 16.8 Å². The third-order valence-corrected chi connectivity index (χ3v) is 3.23. The molecule has 0 aromatic carbocycles. The number of carbonyl (C=O) groups is 1. The molecule has 1 saturated heterocycles. The first kappa shape index (κ1) is 11.0. The lowest BCUT2D eigenvalue weighted by Gasteiger charge is -2.27. The molecule has 94 valence electrons. The monoisotopic (exact) mass is 246 g/mol. The van der Waals surface area contributed by atoms with E-state index in [-0.39, 0.29) is 5.69 Å². The van der Waals surface area contributed by atoms with Crippen molar-refractivity contribution in [2.75, 3.05) is 18.0 Å². The Morgan fingerprint density at radius 1 is 1.28 bits per heavy atom. The fraction of sp³-hybridized carbons (Fsp3) is 0.417. The van der Waals surface area contributed by atoms with Crippen LogP contribution < -0.4 is 4.90 Å². The molecule has 1 fully saturated rings. The van der Waals surface area contributed by atoms with E-state index in [2.05, 4.69) is 14.9 Å². The third kappa shape index (κ3) is 1.79. The lowest BCUT2D eigenvalue weighted by atomic mass is 10.1. The third-order valence-electron chi connectivity index (χ3n) is 3.23. The van der Waals surface area contributed by atoms with Crippen LogP contribution in [0.1, 0.15) is 29.8 Å². The topological polar surface area (TPSA) is 70.7 Å². The van der Waals surface area contributed by atoms with Crippen LogP contribution in [-0.4, -0.2) is 38.5 Å². The normalized spacial score (nSPS) is 16.1. The van der Waals surface area contributed by atoms with Crippen LogP contribution in [0.25, 0.3) is 5.65 Å². The summed E-state index contributed by atoms with van der Waals surface area (Å²) in [6, 6.07) is 0. The highest BCUT2D eigenvalue weighted by atomic mass is 16.4. The average Bonchev–Trinajstić information content (AvgIpc) is 2.83. The van der Waals surface area contributed by atoms with Crippen LogP contribution in [-0.2, 0) is 0 Å². The van der Waals surface area contributed by atoms with E-state index in [9.17, 15) is 4.79 Å². The Kier molecular flexibility index (Phi) is 2.62. The molecular formula is C12H14N4O2. The van der Waals surface area contributed by atoms with E-state index in [4.69, 9.17) is 5.11 Å². The maximum absolute atomic E-state index is 10.9. The van der Waals surface area contributed by atoms with Crippen LogP contribution in [0, 0.1) is 0 Å². The SMILES string of the molecule is O=C(O)c1cn2ccnc(N3CCCCC3)c2n1. The number of imidazole rings is 1. The molecule has 2 aromatic rings. The molecule has 1 aliphatic heterocycles. The molecule has 0 atom stereocenters. The van der Waals surface area contributed by atoms with Crippen molar-refractivity contribution in [3.05, 3.63) is 24.3 Å². The summed E-state index contributed by atoms with van der Waals surface area (Å²) in [4.78, 5) is 21.6. The van der Waals surface area contributed by atoms with Crippen molar-refractivity contribution >= 4 is 17.4 Å². The van der Waals surface area contributed by atoms with E-state index in [0.717, 1.165) is 31.7 Å². The first-order valence-electron chi connectivity index (χ1n) is 6.07. The number of aromatic nitrogens is 3. The molecule has 0 bridgehead atoms. The van der Waals surface area contributed by atoms with Crippen LogP contribution >= 0.6 is 0 Å². The van der Waals surface area contributed by atoms with Crippen molar-refractivity contribution in [3.8, 4) is 0 Å². The maximum Gasteiger partial charge on any atom is 0.356 e. The Morgan fingerprint density at radius 3 is 2.78 bits per heavy atom. The molecule has 3 heterocycles. The highest BCUT2D eigenvalue weighted by molar-refractivity contribution is 5.87. The Morgan fingerprint density at radius 2 is 2.06 bits per heavy atom. The van der Waals surface area contributed by atoms with Crippen LogP contribution in [0.15, 0.2) is 18.6 Å². The minimum absolute atomic E-state index is 0.0567. The quantitative estimate of drug-likeness (QED) is 0.867. The van der Waals surface area contributed by atoms with Gasteiger partial charge in [-0.3, -0.25) is 0 Å². The summed E-state index contributed by atoms with van der Waals surface area (Å²) in [5, 5.41) is 8.98. The largest absolute Gasteiger partial charge is 0.476 e. The molecule has 6 heteroatoms. The lowest BCUT2D eigenvalue weighted by Crippen LogP contribution is -2.30. The fourth-order valence-corrected chi connectivity index (χ4v) is 2.34. The number of fused-ring (bicyclic) bond motifs is 1. The van der Waals surface area contributed by atoms with Gasteiger partial charge in [0.15, 0.2) is 17.2 Å². The first-order valence-corrected chi connectivity index (χ1v) is 6.07. The summed E-state index contributed by atoms with van der Waals surface area (Å²) in [5.41, 5.74) is 0.679. The van der Waals surface area contributed by atoms with E-state index < -0.39 is 5.97 Å². The maximum atomic E-state index is 10.9. The van der Waals surface area contributed by atoms with Gasteiger partial charge in [0.2, 0.25) is 0 Å². The van der Waals surface area contributed by atoms with E-state index >= 15 is 0 Å². The van der Waals surface area contributed by atoms with Gasteiger partial charge < -0.3 is 14.4 Å². The Labute approximate surface area is 104 Å². The van der Waals surface area contributed by atoms with Crippen LogP contribution in [0.3, 0.4) is 0 Å². The Hall–Kier alpha value is -2.11. The van der Waals surface area contributed by atoms with Crippen molar-refractivity contribution < 1.29 is 9.90 Å². The minimum Gasteiger partial charge on any atom is -0.476 e. The second-order valence-corrected chi connectivity index (χ2v) is 4.46. The number of anilines is 1. The minimum atomic E-state index is -1.01. The highest BCUT2D eigenvalue weighted by Crippen LogP contribution is 2.22. The number of nitrogens with zero attached hydrogens (tertiary/aromatic N) is 4. The predicted octanol–water partition coefficient (Wildman–Crippen LogP) is 1.42. The zero-order valence-corrected chi connectivity index (χ0v) is 9.91. The van der Waals surface area contributed by atoms with E-state index in [1.807, 2.05) is 0 Å². The van der Waals surface area contributed by atoms with Gasteiger partial charge in [-0.1, -0.05) is 0 Å². The van der Waals surface area contributed by atoms with Gasteiger partial charge in [0.05, 0.1) is 0 Å². The summed E-state index contributed by atoms with van der Waals surface area (Å²) in [6.45, 7) is 1.92. The van der Waals surface area contributed by atoms with Crippen LogP contribution in [0.5, 0.6) is 0 Å². The molecule has 0 spiro atoms. The summed E-state index contributed by atoms with van der Waals surface area (Å²) in [7, 11) is 0. The van der Waals surface area contributed by atoms with Gasteiger partial charge in [0, 0.05) is 31.7 Å². The van der Waals surface area contributed by atoms with Crippen molar-refractivity contribution in [2.24, 2.45) is 0 Å². The summed E-state index contributed by atoms with van der Waals surface area (Å²) < 4.78 is 1.72. The summed E-state index contributed by atoms with van der Waals surface area (Å²) >= 11 is 0. The van der Waals surface area contributed by atoms with Gasteiger partial charge >= 0.3 is 5.97 Å². The number of rotatable bonds is 2. The smallest absolute Gasteiger partial charge is 0.356 e. The van der Waals surface area contributed by atoms with Crippen molar-refractivity contribution in [1.82, 2.24) is 14.4 Å². The van der Waals surface area contributed by atoms with Gasteiger partial charge in [0.25, 0.3) is 0 Å². The Balaban J connectivity index is 2.07. The average molecular weight is 246 g/mol. The van der Waals surface area contributed by atoms with Gasteiger partial charge in [-0.05, 0) is 19.3 Å². The number of carboxylic acids is 1. The van der Waals surface area contributed by atoms with Crippen LogP contribution in [0.4, 0.5) is 5.82 Å². The molecule has 0 radical (unpaired) electrons. The molecule has 6 nitrogen and oxygen atoms in total. The predicted molar refractivity (Wildman–Crippen MR) is 66.0 cm³/mol. The van der Waals surface area contributed by atoms with Crippen molar-refractivity contribution in [3.63, 3.8) is 0 Å². The molecule has 0 unspecified atom stereocenters. The lowest BCUT2D eigenvalue weighted by molar-refractivity contribution is 0.0691. The Bertz CT molecular complexity index is 587. The fourth-order valence-electron chi connectivity index (χ4n) is 2.34. The second kappa shape index (κ2) is 4.29. The summed E-state index contributed by atoms with van der Waals surface area (Å²) in [6.07, 6.45) is 8.47. The molecule has 1 aliphatic rings. The standard InChI is InChI=1S/C12H14N4O2/c17-12(18)9-8-16-7-4-13-10(11(16)14-9)15-5-2-1-3-6-15/h4,7-8H,1-3,5-6H2,(H,17,18). The van der Waals surface area contributed by atoms with E-state index in [1.165, 1.54) is 12.6 Å². The molecule has 0 amide bonds. The van der Waals surface area contributed by atoms with E-state index in [0.29, 0.717) is 5.65 Å². The molecule has 0 aliphatic carbocycles. The zero-order chi connectivity index (χ0) is 12.5. The van der Waals surface area contributed by atoms with Gasteiger partial charge in [0.1, 0.15) is 0 Å². The molecular weight excluding hydrogens is 232 g/mol. The van der Waals surface area contributed by atoms with Gasteiger partial charge in [-0.15, -0.1) is 0 Å². The number of carboxylic acid groups (broad SMARTS) is 1. The van der Waals surface area contributed by atoms with Gasteiger partial charge in [-0.2, -0.15) is 0 Å². The molecule has 0 saturated carbocycles. The summed E-state index contributed by atoms with van der Waals surface area (Å²) in [5.74, 6) is -0.229. The first-order chi connectivity index (χ1) is 8.75.